The Labute approximate surface area is 138 Å². The average Bonchev–Trinajstić information content (AvgIpc) is 2.81. The van der Waals surface area contributed by atoms with Crippen molar-refractivity contribution in [3.05, 3.63) is 44.4 Å². The fourth-order valence-corrected chi connectivity index (χ4v) is 2.70. The fourth-order valence-electron chi connectivity index (χ4n) is 2.06. The Morgan fingerprint density at radius 3 is 2.71 bits per heavy atom. The van der Waals surface area contributed by atoms with Crippen LogP contribution in [0.15, 0.2) is 23.3 Å². The summed E-state index contributed by atoms with van der Waals surface area (Å²) in [6.45, 7) is 4.24. The lowest BCUT2D eigenvalue weighted by Gasteiger charge is -2.10. The minimum absolute atomic E-state index is 0.316. The van der Waals surface area contributed by atoms with Crippen LogP contribution in [-0.2, 0) is 0 Å². The van der Waals surface area contributed by atoms with Gasteiger partial charge in [-0.15, -0.1) is 0 Å². The molecule has 21 heavy (non-hydrogen) atoms. The van der Waals surface area contributed by atoms with Gasteiger partial charge in [-0.1, -0.05) is 43.1 Å². The molecule has 1 aromatic heterocycles. The molecule has 0 saturated carbocycles. The minimum Gasteiger partial charge on any atom is -0.250 e. The molecule has 0 atom stereocenters. The first-order valence-electron chi connectivity index (χ1n) is 6.73. The number of aromatic nitrogens is 3. The van der Waals surface area contributed by atoms with E-state index in [0.717, 1.165) is 24.2 Å². The number of hydrogen-bond donors (Lipinski definition) is 1. The molecule has 7 heteroatoms. The van der Waals surface area contributed by atoms with Crippen LogP contribution in [0.25, 0.3) is 0 Å². The molecule has 0 fully saturated rings. The largest absolute Gasteiger partial charge is 0.250 e. The van der Waals surface area contributed by atoms with Crippen LogP contribution in [0.4, 0.5) is 0 Å². The normalized spacial score (nSPS) is 11.7. The van der Waals surface area contributed by atoms with E-state index in [0.29, 0.717) is 20.7 Å². The van der Waals surface area contributed by atoms with E-state index < -0.39 is 0 Å². The maximum absolute atomic E-state index is 6.13. The lowest BCUT2D eigenvalue weighted by molar-refractivity contribution is 0.571. The summed E-state index contributed by atoms with van der Waals surface area (Å²) in [5.41, 5.74) is 0.777. The van der Waals surface area contributed by atoms with Gasteiger partial charge in [0, 0.05) is 16.5 Å². The van der Waals surface area contributed by atoms with Crippen molar-refractivity contribution in [3.8, 4) is 0 Å². The summed E-state index contributed by atoms with van der Waals surface area (Å²) < 4.78 is 2.12. The topological polar surface area (TPSA) is 46.0 Å². The highest BCUT2D eigenvalue weighted by Gasteiger charge is 2.15. The van der Waals surface area contributed by atoms with E-state index in [9.17, 15) is 0 Å². The van der Waals surface area contributed by atoms with Crippen molar-refractivity contribution in [2.45, 2.75) is 32.6 Å². The van der Waals surface area contributed by atoms with E-state index in [1.54, 1.807) is 23.0 Å². The Bertz CT molecular complexity index is 701. The van der Waals surface area contributed by atoms with E-state index >= 15 is 0 Å². The SMILES string of the molecule is CCC(CC)c1n[nH]c(=S)n1/N=C\c1ccc(Cl)cc1Cl. The van der Waals surface area contributed by atoms with E-state index in [-0.39, 0.29) is 0 Å². The van der Waals surface area contributed by atoms with Crippen LogP contribution in [0.2, 0.25) is 10.0 Å². The summed E-state index contributed by atoms with van der Waals surface area (Å²) in [7, 11) is 0. The Morgan fingerprint density at radius 2 is 2.10 bits per heavy atom. The van der Waals surface area contributed by atoms with Crippen molar-refractivity contribution >= 4 is 41.6 Å². The van der Waals surface area contributed by atoms with Crippen molar-refractivity contribution < 1.29 is 0 Å². The van der Waals surface area contributed by atoms with E-state index in [4.69, 9.17) is 35.4 Å². The zero-order chi connectivity index (χ0) is 15.4. The zero-order valence-electron chi connectivity index (χ0n) is 11.8. The first kappa shape index (κ1) is 16.2. The summed E-state index contributed by atoms with van der Waals surface area (Å²) in [5, 5.41) is 12.6. The lowest BCUT2D eigenvalue weighted by atomic mass is 10.0. The summed E-state index contributed by atoms with van der Waals surface area (Å²) in [6, 6.07) is 5.26. The molecule has 0 radical (unpaired) electrons. The predicted octanol–water partition coefficient (Wildman–Crippen LogP) is 5.03. The number of nitrogens with zero attached hydrogens (tertiary/aromatic N) is 3. The molecular formula is C14H16Cl2N4S. The minimum atomic E-state index is 0.316. The van der Waals surface area contributed by atoms with Gasteiger partial charge in [0.05, 0.1) is 11.2 Å². The van der Waals surface area contributed by atoms with E-state index in [1.807, 2.05) is 6.07 Å². The van der Waals surface area contributed by atoms with Gasteiger partial charge in [-0.05, 0) is 37.2 Å². The number of aromatic amines is 1. The molecule has 0 saturated heterocycles. The van der Waals surface area contributed by atoms with Gasteiger partial charge in [-0.25, -0.2) is 0 Å². The van der Waals surface area contributed by atoms with Crippen LogP contribution in [-0.4, -0.2) is 21.1 Å². The number of halogens is 2. The maximum atomic E-state index is 6.13. The molecule has 4 nitrogen and oxygen atoms in total. The molecule has 0 bridgehead atoms. The van der Waals surface area contributed by atoms with Crippen LogP contribution in [0.5, 0.6) is 0 Å². The third-order valence-corrected chi connectivity index (χ3v) is 4.13. The zero-order valence-corrected chi connectivity index (χ0v) is 14.1. The fraction of sp³-hybridized carbons (Fsp3) is 0.357. The number of benzene rings is 1. The summed E-state index contributed by atoms with van der Waals surface area (Å²) in [6.07, 6.45) is 3.62. The smallest absolute Gasteiger partial charge is 0.216 e. The van der Waals surface area contributed by atoms with Gasteiger partial charge >= 0.3 is 0 Å². The third kappa shape index (κ3) is 3.73. The lowest BCUT2D eigenvalue weighted by Crippen LogP contribution is -2.05. The van der Waals surface area contributed by atoms with Gasteiger partial charge in [0.1, 0.15) is 0 Å². The number of rotatable bonds is 5. The number of hydrogen-bond acceptors (Lipinski definition) is 3. The van der Waals surface area contributed by atoms with Gasteiger partial charge in [0.2, 0.25) is 4.77 Å². The molecule has 0 unspecified atom stereocenters. The summed E-state index contributed by atoms with van der Waals surface area (Å²) in [4.78, 5) is 0. The van der Waals surface area contributed by atoms with Crippen LogP contribution in [0.1, 0.15) is 44.0 Å². The van der Waals surface area contributed by atoms with E-state index in [1.165, 1.54) is 0 Å². The second kappa shape index (κ2) is 7.20. The Hall–Kier alpha value is -1.17. The van der Waals surface area contributed by atoms with Gasteiger partial charge < -0.3 is 0 Å². The first-order valence-corrected chi connectivity index (χ1v) is 7.89. The van der Waals surface area contributed by atoms with Crippen LogP contribution >= 0.6 is 35.4 Å². The first-order chi connectivity index (χ1) is 10.1. The second-order valence-electron chi connectivity index (χ2n) is 4.62. The molecular weight excluding hydrogens is 327 g/mol. The van der Waals surface area contributed by atoms with Crippen molar-refractivity contribution in [1.82, 2.24) is 14.9 Å². The van der Waals surface area contributed by atoms with Crippen LogP contribution in [0, 0.1) is 4.77 Å². The van der Waals surface area contributed by atoms with Gasteiger partial charge in [-0.3, -0.25) is 5.10 Å². The molecule has 0 aliphatic heterocycles. The summed E-state index contributed by atoms with van der Waals surface area (Å²) >= 11 is 17.2. The number of nitrogens with one attached hydrogen (secondary N) is 1. The van der Waals surface area contributed by atoms with Gasteiger partial charge in [-0.2, -0.15) is 14.9 Å². The third-order valence-electron chi connectivity index (χ3n) is 3.30. The van der Waals surface area contributed by atoms with Crippen molar-refractivity contribution in [2.75, 3.05) is 0 Å². The van der Waals surface area contributed by atoms with Crippen molar-refractivity contribution in [2.24, 2.45) is 5.10 Å². The predicted molar refractivity (Wildman–Crippen MR) is 90.2 cm³/mol. The average molecular weight is 343 g/mol. The van der Waals surface area contributed by atoms with Crippen molar-refractivity contribution in [3.63, 3.8) is 0 Å². The highest BCUT2D eigenvalue weighted by Crippen LogP contribution is 2.22. The Kier molecular flexibility index (Phi) is 5.56. The second-order valence-corrected chi connectivity index (χ2v) is 5.85. The van der Waals surface area contributed by atoms with E-state index in [2.05, 4.69) is 29.1 Å². The molecule has 1 N–H and O–H groups in total. The Morgan fingerprint density at radius 1 is 1.38 bits per heavy atom. The monoisotopic (exact) mass is 342 g/mol. The molecule has 0 aliphatic rings. The number of H-pyrrole nitrogens is 1. The van der Waals surface area contributed by atoms with Gasteiger partial charge in [0.25, 0.3) is 0 Å². The Balaban J connectivity index is 2.37. The molecule has 2 rings (SSSR count). The highest BCUT2D eigenvalue weighted by atomic mass is 35.5. The van der Waals surface area contributed by atoms with Crippen LogP contribution < -0.4 is 0 Å². The quantitative estimate of drug-likeness (QED) is 0.611. The summed E-state index contributed by atoms with van der Waals surface area (Å²) in [5.74, 6) is 1.15. The molecule has 112 valence electrons. The molecule has 0 amide bonds. The van der Waals surface area contributed by atoms with Gasteiger partial charge in [0.15, 0.2) is 5.82 Å². The van der Waals surface area contributed by atoms with Crippen molar-refractivity contribution in [1.29, 1.82) is 0 Å². The molecule has 2 aromatic rings. The molecule has 1 heterocycles. The molecule has 0 spiro atoms. The highest BCUT2D eigenvalue weighted by molar-refractivity contribution is 7.71. The molecule has 1 aromatic carbocycles. The maximum Gasteiger partial charge on any atom is 0.216 e. The standard InChI is InChI=1S/C14H16Cl2N4S/c1-3-9(4-2)13-18-19-14(21)20(13)17-8-10-5-6-11(15)7-12(10)16/h5-9H,3-4H2,1-2H3,(H,19,21)/b17-8-. The molecule has 0 aliphatic carbocycles. The van der Waals surface area contributed by atoms with Crippen LogP contribution in [0.3, 0.4) is 0 Å².